The van der Waals surface area contributed by atoms with E-state index in [4.69, 9.17) is 16.3 Å². The van der Waals surface area contributed by atoms with Gasteiger partial charge in [0.25, 0.3) is 0 Å². The van der Waals surface area contributed by atoms with Crippen LogP contribution in [0.25, 0.3) is 0 Å². The predicted octanol–water partition coefficient (Wildman–Crippen LogP) is 3.27. The van der Waals surface area contributed by atoms with E-state index in [9.17, 15) is 4.79 Å². The minimum Gasteiger partial charge on any atom is -0.486 e. The fourth-order valence-corrected chi connectivity index (χ4v) is 2.80. The highest BCUT2D eigenvalue weighted by atomic mass is 35.5. The average molecular weight is 368 g/mol. The number of rotatable bonds is 8. The SMILES string of the molecule is C=CCn1c(COc2ccc(Cl)c(C)c2)nnc1SCC(=O)OC. The third kappa shape index (κ3) is 4.75. The number of allylic oxidation sites excluding steroid dienone is 1. The predicted molar refractivity (Wildman–Crippen MR) is 93.5 cm³/mol. The molecule has 0 atom stereocenters. The van der Waals surface area contributed by atoms with E-state index in [1.165, 1.54) is 18.9 Å². The van der Waals surface area contributed by atoms with E-state index in [0.29, 0.717) is 28.3 Å². The number of carbonyl (C=O) groups is 1. The lowest BCUT2D eigenvalue weighted by atomic mass is 10.2. The molecule has 0 saturated heterocycles. The van der Waals surface area contributed by atoms with Crippen molar-refractivity contribution in [2.45, 2.75) is 25.2 Å². The first-order valence-corrected chi connectivity index (χ1v) is 8.53. The van der Waals surface area contributed by atoms with Crippen LogP contribution in [0, 0.1) is 6.92 Å². The highest BCUT2D eigenvalue weighted by Gasteiger charge is 2.14. The molecule has 0 N–H and O–H groups in total. The first-order valence-electron chi connectivity index (χ1n) is 7.16. The van der Waals surface area contributed by atoms with Crippen LogP contribution in [0.1, 0.15) is 11.4 Å². The number of hydrogen-bond acceptors (Lipinski definition) is 6. The molecule has 0 fully saturated rings. The second kappa shape index (κ2) is 8.75. The van der Waals surface area contributed by atoms with Crippen molar-refractivity contribution in [2.24, 2.45) is 0 Å². The lowest BCUT2D eigenvalue weighted by Gasteiger charge is -2.09. The van der Waals surface area contributed by atoms with Crippen molar-refractivity contribution in [3.8, 4) is 5.75 Å². The number of esters is 1. The number of carbonyl (C=O) groups excluding carboxylic acids is 1. The standard InChI is InChI=1S/C16H18ClN3O3S/c1-4-7-20-14(18-19-16(20)24-10-15(21)22-3)9-23-12-5-6-13(17)11(2)8-12/h4-6,8H,1,7,9-10H2,2-3H3. The fraction of sp³-hybridized carbons (Fsp3) is 0.312. The minimum absolute atomic E-state index is 0.170. The van der Waals surface area contributed by atoms with Crippen molar-refractivity contribution in [2.75, 3.05) is 12.9 Å². The highest BCUT2D eigenvalue weighted by Crippen LogP contribution is 2.22. The second-order valence-electron chi connectivity index (χ2n) is 4.86. The molecule has 0 saturated carbocycles. The topological polar surface area (TPSA) is 66.2 Å². The van der Waals surface area contributed by atoms with Crippen LogP contribution in [-0.2, 0) is 22.7 Å². The van der Waals surface area contributed by atoms with Crippen molar-refractivity contribution in [3.05, 3.63) is 47.3 Å². The first-order chi connectivity index (χ1) is 11.5. The summed E-state index contributed by atoms with van der Waals surface area (Å²) in [6.45, 7) is 6.42. The Labute approximate surface area is 149 Å². The van der Waals surface area contributed by atoms with Crippen molar-refractivity contribution < 1.29 is 14.3 Å². The van der Waals surface area contributed by atoms with Crippen LogP contribution in [0.2, 0.25) is 5.02 Å². The minimum atomic E-state index is -0.317. The third-order valence-electron chi connectivity index (χ3n) is 3.15. The Kier molecular flexibility index (Phi) is 6.69. The number of aryl methyl sites for hydroxylation is 1. The van der Waals surface area contributed by atoms with Crippen molar-refractivity contribution >= 4 is 29.3 Å². The maximum absolute atomic E-state index is 11.3. The molecular formula is C16H18ClN3O3S. The number of nitrogens with zero attached hydrogens (tertiary/aromatic N) is 3. The van der Waals surface area contributed by atoms with Crippen LogP contribution in [0.3, 0.4) is 0 Å². The number of ether oxygens (including phenoxy) is 2. The van der Waals surface area contributed by atoms with Crippen LogP contribution in [-0.4, -0.2) is 33.6 Å². The van der Waals surface area contributed by atoms with Crippen LogP contribution in [0.4, 0.5) is 0 Å². The number of hydrogen-bond donors (Lipinski definition) is 0. The number of halogens is 1. The molecule has 0 aliphatic heterocycles. The lowest BCUT2D eigenvalue weighted by molar-refractivity contribution is -0.137. The maximum Gasteiger partial charge on any atom is 0.316 e. The van der Waals surface area contributed by atoms with Gasteiger partial charge in [0, 0.05) is 11.6 Å². The summed E-state index contributed by atoms with van der Waals surface area (Å²) in [5.74, 6) is 1.20. The van der Waals surface area contributed by atoms with Gasteiger partial charge in [-0.25, -0.2) is 0 Å². The van der Waals surface area contributed by atoms with Gasteiger partial charge in [0.2, 0.25) is 0 Å². The van der Waals surface area contributed by atoms with Gasteiger partial charge >= 0.3 is 5.97 Å². The smallest absolute Gasteiger partial charge is 0.316 e. The van der Waals surface area contributed by atoms with Crippen LogP contribution < -0.4 is 4.74 Å². The summed E-state index contributed by atoms with van der Waals surface area (Å²) in [6, 6.07) is 5.46. The van der Waals surface area contributed by atoms with Gasteiger partial charge in [-0.05, 0) is 30.7 Å². The molecule has 6 nitrogen and oxygen atoms in total. The van der Waals surface area contributed by atoms with Gasteiger partial charge in [-0.1, -0.05) is 29.4 Å². The van der Waals surface area contributed by atoms with Gasteiger partial charge in [0.15, 0.2) is 11.0 Å². The Morgan fingerprint density at radius 2 is 2.25 bits per heavy atom. The quantitative estimate of drug-likeness (QED) is 0.405. The molecule has 0 amide bonds. The van der Waals surface area contributed by atoms with Gasteiger partial charge in [-0.2, -0.15) is 0 Å². The third-order valence-corrected chi connectivity index (χ3v) is 4.51. The summed E-state index contributed by atoms with van der Waals surface area (Å²) in [6.07, 6.45) is 1.74. The molecule has 2 rings (SSSR count). The molecular weight excluding hydrogens is 350 g/mol. The molecule has 8 heteroatoms. The molecule has 24 heavy (non-hydrogen) atoms. The Hall–Kier alpha value is -1.99. The Morgan fingerprint density at radius 3 is 2.92 bits per heavy atom. The summed E-state index contributed by atoms with van der Waals surface area (Å²) in [5.41, 5.74) is 0.941. The van der Waals surface area contributed by atoms with Crippen LogP contribution in [0.15, 0.2) is 36.0 Å². The van der Waals surface area contributed by atoms with Crippen LogP contribution >= 0.6 is 23.4 Å². The zero-order valence-corrected chi connectivity index (χ0v) is 15.1. The lowest BCUT2D eigenvalue weighted by Crippen LogP contribution is -2.09. The van der Waals surface area contributed by atoms with E-state index in [0.717, 1.165) is 5.56 Å². The summed E-state index contributed by atoms with van der Waals surface area (Å²) in [4.78, 5) is 11.3. The zero-order valence-electron chi connectivity index (χ0n) is 13.5. The van der Waals surface area contributed by atoms with Gasteiger partial charge in [0.05, 0.1) is 12.9 Å². The Balaban J connectivity index is 2.08. The van der Waals surface area contributed by atoms with E-state index in [1.807, 2.05) is 17.6 Å². The largest absolute Gasteiger partial charge is 0.486 e. The maximum atomic E-state index is 11.3. The first kappa shape index (κ1) is 18.4. The van der Waals surface area contributed by atoms with Crippen molar-refractivity contribution in [1.29, 1.82) is 0 Å². The summed E-state index contributed by atoms with van der Waals surface area (Å²) in [5, 5.41) is 9.55. The molecule has 0 spiro atoms. The summed E-state index contributed by atoms with van der Waals surface area (Å²) in [7, 11) is 1.35. The molecule has 1 aromatic carbocycles. The fourth-order valence-electron chi connectivity index (χ4n) is 1.88. The molecule has 1 heterocycles. The number of methoxy groups -OCH3 is 1. The normalized spacial score (nSPS) is 10.5. The van der Waals surface area contributed by atoms with Gasteiger partial charge in [-0.3, -0.25) is 9.36 Å². The van der Waals surface area contributed by atoms with E-state index in [2.05, 4.69) is 21.5 Å². The number of aromatic nitrogens is 3. The second-order valence-corrected chi connectivity index (χ2v) is 6.21. The van der Waals surface area contributed by atoms with E-state index >= 15 is 0 Å². The molecule has 128 valence electrons. The molecule has 1 aromatic heterocycles. The molecule has 2 aromatic rings. The zero-order chi connectivity index (χ0) is 17.5. The average Bonchev–Trinajstić information content (AvgIpc) is 2.96. The Morgan fingerprint density at radius 1 is 1.46 bits per heavy atom. The summed E-state index contributed by atoms with van der Waals surface area (Å²) >= 11 is 7.27. The molecule has 0 unspecified atom stereocenters. The van der Waals surface area contributed by atoms with Crippen molar-refractivity contribution in [3.63, 3.8) is 0 Å². The van der Waals surface area contributed by atoms with Gasteiger partial charge in [0.1, 0.15) is 12.4 Å². The molecule has 0 radical (unpaired) electrons. The number of benzene rings is 1. The highest BCUT2D eigenvalue weighted by molar-refractivity contribution is 7.99. The molecule has 0 aliphatic carbocycles. The Bertz CT molecular complexity index is 733. The molecule has 0 bridgehead atoms. The van der Waals surface area contributed by atoms with E-state index in [-0.39, 0.29) is 18.3 Å². The van der Waals surface area contributed by atoms with E-state index < -0.39 is 0 Å². The summed E-state index contributed by atoms with van der Waals surface area (Å²) < 4.78 is 12.2. The van der Waals surface area contributed by atoms with Gasteiger partial charge < -0.3 is 9.47 Å². The monoisotopic (exact) mass is 367 g/mol. The molecule has 0 aliphatic rings. The van der Waals surface area contributed by atoms with Gasteiger partial charge in [-0.15, -0.1) is 16.8 Å². The van der Waals surface area contributed by atoms with E-state index in [1.54, 1.807) is 18.2 Å². The van der Waals surface area contributed by atoms with Crippen molar-refractivity contribution in [1.82, 2.24) is 14.8 Å². The van der Waals surface area contributed by atoms with Crippen LogP contribution in [0.5, 0.6) is 5.75 Å². The number of thioether (sulfide) groups is 1.